The van der Waals surface area contributed by atoms with Crippen molar-refractivity contribution in [2.45, 2.75) is 32.2 Å². The summed E-state index contributed by atoms with van der Waals surface area (Å²) >= 11 is 6.08. The van der Waals surface area contributed by atoms with E-state index >= 15 is 0 Å². The zero-order valence-corrected chi connectivity index (χ0v) is 11.8. The summed E-state index contributed by atoms with van der Waals surface area (Å²) in [4.78, 5) is 4.52. The van der Waals surface area contributed by atoms with E-state index in [1.807, 2.05) is 24.5 Å². The lowest BCUT2D eigenvalue weighted by atomic mass is 10.0. The van der Waals surface area contributed by atoms with Crippen LogP contribution >= 0.6 is 11.6 Å². The standard InChI is InChI=1S/C15H17ClN2O/c1-19-15-7-6-12(16)8-11(15)9-18-10-17-13-4-2-3-5-14(13)18/h6-8,10H,2-5,9H2,1H3. The van der Waals surface area contributed by atoms with Crippen molar-refractivity contribution in [3.05, 3.63) is 46.5 Å². The Balaban J connectivity index is 1.93. The first-order valence-electron chi connectivity index (χ1n) is 6.63. The Bertz CT molecular complexity index is 592. The van der Waals surface area contributed by atoms with Gasteiger partial charge in [0.05, 0.1) is 25.7 Å². The van der Waals surface area contributed by atoms with E-state index in [0.717, 1.165) is 35.7 Å². The summed E-state index contributed by atoms with van der Waals surface area (Å²) < 4.78 is 7.63. The van der Waals surface area contributed by atoms with Crippen molar-refractivity contribution < 1.29 is 4.74 Å². The highest BCUT2D eigenvalue weighted by Gasteiger charge is 2.16. The maximum Gasteiger partial charge on any atom is 0.123 e. The van der Waals surface area contributed by atoms with Crippen molar-refractivity contribution in [3.8, 4) is 5.75 Å². The van der Waals surface area contributed by atoms with Crippen molar-refractivity contribution in [1.82, 2.24) is 9.55 Å². The van der Waals surface area contributed by atoms with Gasteiger partial charge in [0.1, 0.15) is 5.75 Å². The lowest BCUT2D eigenvalue weighted by molar-refractivity contribution is 0.408. The van der Waals surface area contributed by atoms with Crippen LogP contribution in [0.3, 0.4) is 0 Å². The van der Waals surface area contributed by atoms with Crippen LogP contribution < -0.4 is 4.74 Å². The number of methoxy groups -OCH3 is 1. The van der Waals surface area contributed by atoms with E-state index in [1.54, 1.807) is 7.11 Å². The van der Waals surface area contributed by atoms with Gasteiger partial charge in [0, 0.05) is 16.3 Å². The van der Waals surface area contributed by atoms with E-state index < -0.39 is 0 Å². The van der Waals surface area contributed by atoms with Gasteiger partial charge in [-0.15, -0.1) is 0 Å². The fourth-order valence-corrected chi connectivity index (χ4v) is 2.92. The predicted octanol–water partition coefficient (Wildman–Crippen LogP) is 3.47. The molecule has 100 valence electrons. The number of hydrogen-bond donors (Lipinski definition) is 0. The van der Waals surface area contributed by atoms with Gasteiger partial charge in [0.15, 0.2) is 0 Å². The number of aryl methyl sites for hydroxylation is 1. The molecule has 0 unspecified atom stereocenters. The molecule has 1 aromatic heterocycles. The minimum atomic E-state index is 0.741. The molecule has 0 N–H and O–H groups in total. The Hall–Kier alpha value is -1.48. The van der Waals surface area contributed by atoms with Gasteiger partial charge in [-0.1, -0.05) is 11.6 Å². The summed E-state index contributed by atoms with van der Waals surface area (Å²) in [5.41, 5.74) is 3.72. The molecule has 0 bridgehead atoms. The van der Waals surface area contributed by atoms with Crippen molar-refractivity contribution in [2.24, 2.45) is 0 Å². The monoisotopic (exact) mass is 276 g/mol. The Kier molecular flexibility index (Phi) is 3.47. The van der Waals surface area contributed by atoms with Crippen LogP contribution in [0.1, 0.15) is 29.8 Å². The van der Waals surface area contributed by atoms with Gasteiger partial charge in [-0.25, -0.2) is 4.98 Å². The number of aromatic nitrogens is 2. The van der Waals surface area contributed by atoms with E-state index in [-0.39, 0.29) is 0 Å². The lowest BCUT2D eigenvalue weighted by Gasteiger charge is -2.15. The van der Waals surface area contributed by atoms with Crippen LogP contribution in [0.5, 0.6) is 5.75 Å². The van der Waals surface area contributed by atoms with E-state index in [2.05, 4.69) is 9.55 Å². The lowest BCUT2D eigenvalue weighted by Crippen LogP contribution is -2.09. The Morgan fingerprint density at radius 1 is 1.32 bits per heavy atom. The minimum Gasteiger partial charge on any atom is -0.496 e. The van der Waals surface area contributed by atoms with Gasteiger partial charge in [-0.05, 0) is 43.9 Å². The molecule has 0 atom stereocenters. The molecule has 0 aliphatic heterocycles. The van der Waals surface area contributed by atoms with E-state index in [1.165, 1.54) is 24.2 Å². The van der Waals surface area contributed by atoms with Crippen molar-refractivity contribution in [2.75, 3.05) is 7.11 Å². The summed E-state index contributed by atoms with van der Waals surface area (Å²) in [6.07, 6.45) is 6.68. The molecule has 0 fully saturated rings. The average Bonchev–Trinajstić information content (AvgIpc) is 2.83. The van der Waals surface area contributed by atoms with Crippen LogP contribution in [-0.4, -0.2) is 16.7 Å². The molecule has 0 radical (unpaired) electrons. The summed E-state index contributed by atoms with van der Waals surface area (Å²) in [6, 6.07) is 5.74. The van der Waals surface area contributed by atoms with Gasteiger partial charge in [-0.2, -0.15) is 0 Å². The molecule has 4 heteroatoms. The highest BCUT2D eigenvalue weighted by Crippen LogP contribution is 2.26. The van der Waals surface area contributed by atoms with Crippen LogP contribution in [-0.2, 0) is 19.4 Å². The fourth-order valence-electron chi connectivity index (χ4n) is 2.72. The summed E-state index contributed by atoms with van der Waals surface area (Å²) in [7, 11) is 1.69. The molecule has 2 aromatic rings. The molecular formula is C15H17ClN2O. The number of fused-ring (bicyclic) bond motifs is 1. The highest BCUT2D eigenvalue weighted by atomic mass is 35.5. The average molecular weight is 277 g/mol. The van der Waals surface area contributed by atoms with E-state index in [0.29, 0.717) is 0 Å². The van der Waals surface area contributed by atoms with Gasteiger partial charge < -0.3 is 9.30 Å². The number of benzene rings is 1. The van der Waals surface area contributed by atoms with Gasteiger partial charge in [-0.3, -0.25) is 0 Å². The van der Waals surface area contributed by atoms with Gasteiger partial charge in [0.2, 0.25) is 0 Å². The van der Waals surface area contributed by atoms with Crippen molar-refractivity contribution in [3.63, 3.8) is 0 Å². The molecule has 3 nitrogen and oxygen atoms in total. The number of nitrogens with zero attached hydrogens (tertiary/aromatic N) is 2. The third-order valence-electron chi connectivity index (χ3n) is 3.69. The zero-order valence-electron chi connectivity index (χ0n) is 11.0. The molecule has 19 heavy (non-hydrogen) atoms. The quantitative estimate of drug-likeness (QED) is 0.858. The number of hydrogen-bond acceptors (Lipinski definition) is 2. The number of imidazole rings is 1. The van der Waals surface area contributed by atoms with Crippen molar-refractivity contribution in [1.29, 1.82) is 0 Å². The molecule has 0 amide bonds. The SMILES string of the molecule is COc1ccc(Cl)cc1Cn1cnc2c1CCCC2. The van der Waals surface area contributed by atoms with Crippen LogP contribution in [0, 0.1) is 0 Å². The Labute approximate surface area is 118 Å². The topological polar surface area (TPSA) is 27.1 Å². The fraction of sp³-hybridized carbons (Fsp3) is 0.400. The number of halogens is 1. The Morgan fingerprint density at radius 3 is 3.00 bits per heavy atom. The normalized spacial score (nSPS) is 14.2. The van der Waals surface area contributed by atoms with E-state index in [9.17, 15) is 0 Å². The van der Waals surface area contributed by atoms with Crippen molar-refractivity contribution >= 4 is 11.6 Å². The minimum absolute atomic E-state index is 0.741. The second-order valence-electron chi connectivity index (χ2n) is 4.93. The first kappa shape index (κ1) is 12.5. The molecule has 0 saturated carbocycles. The summed E-state index contributed by atoms with van der Waals surface area (Å²) in [5, 5.41) is 0.741. The number of ether oxygens (including phenoxy) is 1. The third-order valence-corrected chi connectivity index (χ3v) is 3.93. The predicted molar refractivity (Wildman–Crippen MR) is 76.0 cm³/mol. The summed E-state index contributed by atoms with van der Waals surface area (Å²) in [6.45, 7) is 0.770. The molecule has 1 aliphatic carbocycles. The van der Waals surface area contributed by atoms with Crippen LogP contribution in [0.25, 0.3) is 0 Å². The molecule has 3 rings (SSSR count). The molecular weight excluding hydrogens is 260 g/mol. The maximum atomic E-state index is 6.08. The molecule has 1 aromatic carbocycles. The highest BCUT2D eigenvalue weighted by molar-refractivity contribution is 6.30. The smallest absolute Gasteiger partial charge is 0.123 e. The maximum absolute atomic E-state index is 6.08. The molecule has 1 heterocycles. The second-order valence-corrected chi connectivity index (χ2v) is 5.37. The van der Waals surface area contributed by atoms with Gasteiger partial charge in [0.25, 0.3) is 0 Å². The molecule has 0 saturated heterocycles. The Morgan fingerprint density at radius 2 is 2.16 bits per heavy atom. The second kappa shape index (κ2) is 5.25. The van der Waals surface area contributed by atoms with Crippen LogP contribution in [0.4, 0.5) is 0 Å². The van der Waals surface area contributed by atoms with Crippen LogP contribution in [0.15, 0.2) is 24.5 Å². The first-order valence-corrected chi connectivity index (χ1v) is 7.01. The van der Waals surface area contributed by atoms with Gasteiger partial charge >= 0.3 is 0 Å². The van der Waals surface area contributed by atoms with Crippen LogP contribution in [0.2, 0.25) is 5.02 Å². The molecule has 0 spiro atoms. The third kappa shape index (κ3) is 2.47. The largest absolute Gasteiger partial charge is 0.496 e. The number of rotatable bonds is 3. The molecule has 1 aliphatic rings. The van der Waals surface area contributed by atoms with E-state index in [4.69, 9.17) is 16.3 Å². The first-order chi connectivity index (χ1) is 9.28. The zero-order chi connectivity index (χ0) is 13.2. The summed E-state index contributed by atoms with van der Waals surface area (Å²) in [5.74, 6) is 0.877.